The summed E-state index contributed by atoms with van der Waals surface area (Å²) in [6.45, 7) is -0.272. The van der Waals surface area contributed by atoms with Gasteiger partial charge in [-0.15, -0.1) is 0 Å². The SMILES string of the molecule is COc1ccc(C(=O)OCC(=O)c2ccccc2)cc1I. The molecule has 0 amide bonds. The molecule has 0 aliphatic rings. The van der Waals surface area contributed by atoms with Gasteiger partial charge in [0.25, 0.3) is 0 Å². The minimum absolute atomic E-state index is 0.229. The molecule has 5 heteroatoms. The summed E-state index contributed by atoms with van der Waals surface area (Å²) in [5, 5.41) is 0. The molecular formula is C16H13IO4. The van der Waals surface area contributed by atoms with Gasteiger partial charge in [-0.3, -0.25) is 4.79 Å². The Morgan fingerprint density at radius 2 is 1.76 bits per heavy atom. The number of carbonyl (C=O) groups is 2. The van der Waals surface area contributed by atoms with Crippen molar-refractivity contribution >= 4 is 34.3 Å². The van der Waals surface area contributed by atoms with Crippen LogP contribution in [0.4, 0.5) is 0 Å². The number of hydrogen-bond acceptors (Lipinski definition) is 4. The smallest absolute Gasteiger partial charge is 0.338 e. The molecule has 0 spiro atoms. The second kappa shape index (κ2) is 7.21. The molecule has 0 fully saturated rings. The molecule has 0 unspecified atom stereocenters. The number of benzene rings is 2. The summed E-state index contributed by atoms with van der Waals surface area (Å²) >= 11 is 2.07. The molecular weight excluding hydrogens is 383 g/mol. The number of hydrogen-bond donors (Lipinski definition) is 0. The average molecular weight is 396 g/mol. The zero-order valence-corrected chi connectivity index (χ0v) is 13.5. The van der Waals surface area contributed by atoms with Gasteiger partial charge in [-0.1, -0.05) is 30.3 Å². The number of esters is 1. The van der Waals surface area contributed by atoms with Crippen molar-refractivity contribution < 1.29 is 19.1 Å². The molecule has 0 aliphatic carbocycles. The zero-order chi connectivity index (χ0) is 15.2. The van der Waals surface area contributed by atoms with E-state index in [1.165, 1.54) is 0 Å². The van der Waals surface area contributed by atoms with Crippen LogP contribution in [0.5, 0.6) is 5.75 Å². The topological polar surface area (TPSA) is 52.6 Å². The van der Waals surface area contributed by atoms with E-state index < -0.39 is 5.97 Å². The number of ketones is 1. The van der Waals surface area contributed by atoms with Crippen molar-refractivity contribution in [3.05, 3.63) is 63.2 Å². The molecule has 4 nitrogen and oxygen atoms in total. The molecule has 0 heterocycles. The first-order valence-corrected chi connectivity index (χ1v) is 7.28. The molecule has 0 saturated carbocycles. The Morgan fingerprint density at radius 3 is 2.38 bits per heavy atom. The maximum Gasteiger partial charge on any atom is 0.338 e. The van der Waals surface area contributed by atoms with Crippen LogP contribution in [0.25, 0.3) is 0 Å². The monoisotopic (exact) mass is 396 g/mol. The fourth-order valence-electron chi connectivity index (χ4n) is 1.72. The van der Waals surface area contributed by atoms with Crippen LogP contribution >= 0.6 is 22.6 Å². The summed E-state index contributed by atoms with van der Waals surface area (Å²) in [6, 6.07) is 13.7. The fraction of sp³-hybridized carbons (Fsp3) is 0.125. The van der Waals surface area contributed by atoms with Crippen LogP contribution < -0.4 is 4.74 Å². The Hall–Kier alpha value is -1.89. The van der Waals surface area contributed by atoms with E-state index in [4.69, 9.17) is 9.47 Å². The normalized spacial score (nSPS) is 10.0. The van der Waals surface area contributed by atoms with Crippen LogP contribution in [0.1, 0.15) is 20.7 Å². The van der Waals surface area contributed by atoms with Gasteiger partial charge < -0.3 is 9.47 Å². The number of halogens is 1. The highest BCUT2D eigenvalue weighted by atomic mass is 127. The highest BCUT2D eigenvalue weighted by molar-refractivity contribution is 14.1. The van der Waals surface area contributed by atoms with E-state index in [2.05, 4.69) is 22.6 Å². The van der Waals surface area contributed by atoms with E-state index in [1.54, 1.807) is 49.6 Å². The number of carbonyl (C=O) groups excluding carboxylic acids is 2. The van der Waals surface area contributed by atoms with Gasteiger partial charge in [-0.25, -0.2) is 4.79 Å². The Kier molecular flexibility index (Phi) is 5.32. The molecule has 0 aromatic heterocycles. The summed E-state index contributed by atoms with van der Waals surface area (Å²) in [4.78, 5) is 23.8. The number of Topliss-reactive ketones (excluding diaryl/α,β-unsaturated/α-hetero) is 1. The second-order valence-electron chi connectivity index (χ2n) is 4.21. The summed E-state index contributed by atoms with van der Waals surface area (Å²) < 4.78 is 11.0. The summed E-state index contributed by atoms with van der Waals surface area (Å²) in [7, 11) is 1.56. The Morgan fingerprint density at radius 1 is 1.05 bits per heavy atom. The van der Waals surface area contributed by atoms with E-state index in [9.17, 15) is 9.59 Å². The van der Waals surface area contributed by atoms with Gasteiger partial charge in [0.15, 0.2) is 12.4 Å². The van der Waals surface area contributed by atoms with Crippen molar-refractivity contribution in [2.45, 2.75) is 0 Å². The molecule has 2 aromatic rings. The molecule has 2 rings (SSSR count). The Bertz CT molecular complexity index is 653. The number of ether oxygens (including phenoxy) is 2. The van der Waals surface area contributed by atoms with Crippen LogP contribution in [0.2, 0.25) is 0 Å². The predicted octanol–water partition coefficient (Wildman–Crippen LogP) is 3.34. The second-order valence-corrected chi connectivity index (χ2v) is 5.38. The fourth-order valence-corrected chi connectivity index (χ4v) is 2.45. The van der Waals surface area contributed by atoms with E-state index in [1.807, 2.05) is 6.07 Å². The number of methoxy groups -OCH3 is 1. The summed E-state index contributed by atoms with van der Waals surface area (Å²) in [6.07, 6.45) is 0. The van der Waals surface area contributed by atoms with Crippen LogP contribution in [-0.2, 0) is 4.74 Å². The highest BCUT2D eigenvalue weighted by Gasteiger charge is 2.13. The lowest BCUT2D eigenvalue weighted by Gasteiger charge is -2.07. The van der Waals surface area contributed by atoms with Crippen molar-refractivity contribution in [1.29, 1.82) is 0 Å². The van der Waals surface area contributed by atoms with Crippen LogP contribution in [-0.4, -0.2) is 25.5 Å². The third-order valence-corrected chi connectivity index (χ3v) is 3.66. The maximum atomic E-state index is 11.9. The van der Waals surface area contributed by atoms with E-state index >= 15 is 0 Å². The van der Waals surface area contributed by atoms with Crippen molar-refractivity contribution in [1.82, 2.24) is 0 Å². The van der Waals surface area contributed by atoms with Gasteiger partial charge in [0.1, 0.15) is 5.75 Å². The van der Waals surface area contributed by atoms with Crippen LogP contribution in [0.15, 0.2) is 48.5 Å². The maximum absolute atomic E-state index is 11.9. The van der Waals surface area contributed by atoms with Gasteiger partial charge >= 0.3 is 5.97 Å². The lowest BCUT2D eigenvalue weighted by molar-refractivity contribution is 0.0474. The molecule has 0 atom stereocenters. The minimum atomic E-state index is -0.528. The quantitative estimate of drug-likeness (QED) is 0.442. The number of rotatable bonds is 5. The standard InChI is InChI=1S/C16H13IO4/c1-20-15-8-7-12(9-13(15)17)16(19)21-10-14(18)11-5-3-2-4-6-11/h2-9H,10H2,1H3. The van der Waals surface area contributed by atoms with Crippen molar-refractivity contribution in [2.24, 2.45) is 0 Å². The Labute approximate surface area is 136 Å². The van der Waals surface area contributed by atoms with Crippen LogP contribution in [0.3, 0.4) is 0 Å². The van der Waals surface area contributed by atoms with Crippen molar-refractivity contribution in [3.63, 3.8) is 0 Å². The summed E-state index contributed by atoms with van der Waals surface area (Å²) in [5.41, 5.74) is 0.913. The third-order valence-electron chi connectivity index (χ3n) is 2.82. The minimum Gasteiger partial charge on any atom is -0.496 e. The first-order chi connectivity index (χ1) is 10.1. The largest absolute Gasteiger partial charge is 0.496 e. The molecule has 108 valence electrons. The van der Waals surface area contributed by atoms with Gasteiger partial charge in [0, 0.05) is 5.56 Å². The summed E-state index contributed by atoms with van der Waals surface area (Å²) in [5.74, 6) is -0.0699. The van der Waals surface area contributed by atoms with Crippen LogP contribution in [0, 0.1) is 3.57 Å². The van der Waals surface area contributed by atoms with Crippen molar-refractivity contribution in [2.75, 3.05) is 13.7 Å². The Balaban J connectivity index is 1.99. The van der Waals surface area contributed by atoms with Gasteiger partial charge in [0.2, 0.25) is 0 Å². The molecule has 0 bridgehead atoms. The average Bonchev–Trinajstić information content (AvgIpc) is 2.53. The molecule has 0 saturated heterocycles. The van der Waals surface area contributed by atoms with Gasteiger partial charge in [-0.2, -0.15) is 0 Å². The molecule has 0 radical (unpaired) electrons. The lowest BCUT2D eigenvalue weighted by Crippen LogP contribution is -2.14. The third kappa shape index (κ3) is 4.04. The van der Waals surface area contributed by atoms with Gasteiger partial charge in [-0.05, 0) is 40.8 Å². The predicted molar refractivity (Wildman–Crippen MR) is 86.8 cm³/mol. The molecule has 21 heavy (non-hydrogen) atoms. The van der Waals surface area contributed by atoms with Crippen molar-refractivity contribution in [3.8, 4) is 5.75 Å². The highest BCUT2D eigenvalue weighted by Crippen LogP contribution is 2.21. The molecule has 2 aromatic carbocycles. The van der Waals surface area contributed by atoms with E-state index in [0.717, 1.165) is 3.57 Å². The first-order valence-electron chi connectivity index (χ1n) is 6.20. The zero-order valence-electron chi connectivity index (χ0n) is 11.3. The lowest BCUT2D eigenvalue weighted by atomic mass is 10.1. The molecule has 0 aliphatic heterocycles. The van der Waals surface area contributed by atoms with E-state index in [-0.39, 0.29) is 12.4 Å². The van der Waals surface area contributed by atoms with E-state index in [0.29, 0.717) is 16.9 Å². The molecule has 0 N–H and O–H groups in total. The first kappa shape index (κ1) is 15.5. The van der Waals surface area contributed by atoms with Gasteiger partial charge in [0.05, 0.1) is 16.2 Å².